The van der Waals surface area contributed by atoms with Crippen molar-refractivity contribution in [2.24, 2.45) is 0 Å². The second-order valence-electron chi connectivity index (χ2n) is 5.16. The van der Waals surface area contributed by atoms with Crippen LogP contribution in [0.5, 0.6) is 5.75 Å². The molecule has 2 heterocycles. The van der Waals surface area contributed by atoms with E-state index in [9.17, 15) is 4.79 Å². The van der Waals surface area contributed by atoms with E-state index in [1.807, 2.05) is 17.0 Å². The third kappa shape index (κ3) is 2.19. The molecule has 0 N–H and O–H groups in total. The van der Waals surface area contributed by atoms with Crippen LogP contribution in [-0.2, 0) is 4.79 Å². The molecule has 1 aromatic rings. The van der Waals surface area contributed by atoms with Crippen LogP contribution in [0, 0.1) is 0 Å². The first-order valence-corrected chi connectivity index (χ1v) is 7.35. The normalized spacial score (nSPS) is 24.9. The van der Waals surface area contributed by atoms with Crippen molar-refractivity contribution in [3.63, 3.8) is 0 Å². The molecule has 1 fully saturated rings. The summed E-state index contributed by atoms with van der Waals surface area (Å²) in [6.45, 7) is 0.671. The van der Waals surface area contributed by atoms with Crippen molar-refractivity contribution >= 4 is 29.1 Å². The van der Waals surface area contributed by atoms with Crippen LogP contribution in [0.2, 0.25) is 10.0 Å². The molecule has 3 rings (SSSR count). The molecule has 1 amide bonds. The predicted octanol–water partition coefficient (Wildman–Crippen LogP) is 3.65. The maximum Gasteiger partial charge on any atom is 0.226 e. The zero-order valence-electron chi connectivity index (χ0n) is 11.1. The van der Waals surface area contributed by atoms with Gasteiger partial charge < -0.3 is 9.64 Å². The third-order valence-corrected chi connectivity index (χ3v) is 4.85. The number of rotatable bonds is 2. The van der Waals surface area contributed by atoms with Crippen molar-refractivity contribution in [3.05, 3.63) is 39.9 Å². The molecule has 20 heavy (non-hydrogen) atoms. The summed E-state index contributed by atoms with van der Waals surface area (Å²) >= 11 is 12.5. The van der Waals surface area contributed by atoms with Gasteiger partial charge in [0.25, 0.3) is 0 Å². The lowest BCUT2D eigenvalue weighted by Crippen LogP contribution is -2.36. The van der Waals surface area contributed by atoms with E-state index in [1.54, 1.807) is 13.2 Å². The number of hydrogen-bond acceptors (Lipinski definition) is 2. The molecule has 3 nitrogen and oxygen atoms in total. The molecule has 0 bridgehead atoms. The van der Waals surface area contributed by atoms with Gasteiger partial charge in [0.2, 0.25) is 5.91 Å². The van der Waals surface area contributed by atoms with Crippen molar-refractivity contribution in [2.75, 3.05) is 13.7 Å². The summed E-state index contributed by atoms with van der Waals surface area (Å²) in [5.74, 6) is 1.07. The van der Waals surface area contributed by atoms with Gasteiger partial charge in [0.1, 0.15) is 5.75 Å². The van der Waals surface area contributed by atoms with E-state index < -0.39 is 0 Å². The first-order valence-electron chi connectivity index (χ1n) is 6.60. The molecule has 0 aromatic heterocycles. The lowest BCUT2D eigenvalue weighted by molar-refractivity contribution is -0.130. The number of nitrogens with zero attached hydrogens (tertiary/aromatic N) is 1. The van der Waals surface area contributed by atoms with Gasteiger partial charge in [-0.2, -0.15) is 0 Å². The molecule has 0 radical (unpaired) electrons. The lowest BCUT2D eigenvalue weighted by Gasteiger charge is -2.24. The Morgan fingerprint density at radius 3 is 2.85 bits per heavy atom. The smallest absolute Gasteiger partial charge is 0.226 e. The Morgan fingerprint density at radius 2 is 2.15 bits per heavy atom. The van der Waals surface area contributed by atoms with Crippen molar-refractivity contribution in [2.45, 2.75) is 24.8 Å². The molecule has 0 unspecified atom stereocenters. The summed E-state index contributed by atoms with van der Waals surface area (Å²) in [7, 11) is 1.62. The number of amides is 1. The van der Waals surface area contributed by atoms with Crippen molar-refractivity contribution in [3.8, 4) is 5.75 Å². The first kappa shape index (κ1) is 13.8. The van der Waals surface area contributed by atoms with Crippen LogP contribution in [0.4, 0.5) is 0 Å². The van der Waals surface area contributed by atoms with Crippen LogP contribution in [0.15, 0.2) is 24.3 Å². The Balaban J connectivity index is 1.97. The molecule has 2 aliphatic heterocycles. The van der Waals surface area contributed by atoms with Gasteiger partial charge in [-0.05, 0) is 18.6 Å². The van der Waals surface area contributed by atoms with Crippen molar-refractivity contribution in [1.82, 2.24) is 4.90 Å². The fourth-order valence-electron chi connectivity index (χ4n) is 3.09. The van der Waals surface area contributed by atoms with Gasteiger partial charge in [0.15, 0.2) is 0 Å². The van der Waals surface area contributed by atoms with E-state index in [4.69, 9.17) is 27.9 Å². The van der Waals surface area contributed by atoms with E-state index in [2.05, 4.69) is 6.08 Å². The molecule has 0 aliphatic carbocycles. The standard InChI is InChI=1S/C15H15Cl2NO2/c1-20-12-6-5-11(16)15(17)14(12)9-7-10-3-2-4-13(19)18(10)8-9/h2-3,5-6,9-10H,4,7-8H2,1H3/t9-,10+/m0/s1. The Bertz CT molecular complexity index is 585. The van der Waals surface area contributed by atoms with Gasteiger partial charge in [0, 0.05) is 24.4 Å². The van der Waals surface area contributed by atoms with Crippen LogP contribution in [-0.4, -0.2) is 30.5 Å². The molecule has 2 aliphatic rings. The summed E-state index contributed by atoms with van der Waals surface area (Å²) < 4.78 is 5.41. The maximum atomic E-state index is 11.9. The summed E-state index contributed by atoms with van der Waals surface area (Å²) in [6.07, 6.45) is 5.40. The van der Waals surface area contributed by atoms with Crippen LogP contribution < -0.4 is 4.74 Å². The van der Waals surface area contributed by atoms with Gasteiger partial charge in [0.05, 0.1) is 23.2 Å². The van der Waals surface area contributed by atoms with E-state index >= 15 is 0 Å². The molecule has 1 aromatic carbocycles. The Morgan fingerprint density at radius 1 is 1.35 bits per heavy atom. The minimum Gasteiger partial charge on any atom is -0.496 e. The highest BCUT2D eigenvalue weighted by Crippen LogP contribution is 2.44. The van der Waals surface area contributed by atoms with Crippen molar-refractivity contribution < 1.29 is 9.53 Å². The Kier molecular flexibility index (Phi) is 3.65. The number of fused-ring (bicyclic) bond motifs is 1. The highest BCUT2D eigenvalue weighted by Gasteiger charge is 2.38. The fourth-order valence-corrected chi connectivity index (χ4v) is 3.57. The van der Waals surface area contributed by atoms with Crippen molar-refractivity contribution in [1.29, 1.82) is 0 Å². The number of carbonyl (C=O) groups is 1. The fraction of sp³-hybridized carbons (Fsp3) is 0.400. The molecule has 106 valence electrons. The Labute approximate surface area is 128 Å². The van der Waals surface area contributed by atoms with E-state index in [1.165, 1.54) is 0 Å². The lowest BCUT2D eigenvalue weighted by atomic mass is 9.95. The molecule has 2 atom stereocenters. The molecule has 0 spiro atoms. The average molecular weight is 312 g/mol. The van der Waals surface area contributed by atoms with Gasteiger partial charge >= 0.3 is 0 Å². The second-order valence-corrected chi connectivity index (χ2v) is 5.94. The average Bonchev–Trinajstić information content (AvgIpc) is 2.86. The van der Waals surface area contributed by atoms with E-state index in [0.29, 0.717) is 23.0 Å². The monoisotopic (exact) mass is 311 g/mol. The largest absolute Gasteiger partial charge is 0.496 e. The first-order chi connectivity index (χ1) is 9.61. The summed E-state index contributed by atoms with van der Waals surface area (Å²) in [6, 6.07) is 3.74. The number of hydrogen-bond donors (Lipinski definition) is 0. The Hall–Kier alpha value is -1.19. The van der Waals surface area contributed by atoms with Crippen LogP contribution in [0.3, 0.4) is 0 Å². The highest BCUT2D eigenvalue weighted by molar-refractivity contribution is 6.42. The molecular formula is C15H15Cl2NO2. The van der Waals surface area contributed by atoms with Crippen LogP contribution in [0.25, 0.3) is 0 Å². The summed E-state index contributed by atoms with van der Waals surface area (Å²) in [5.41, 5.74) is 0.914. The minimum absolute atomic E-state index is 0.160. The van der Waals surface area contributed by atoms with Crippen LogP contribution >= 0.6 is 23.2 Å². The highest BCUT2D eigenvalue weighted by atomic mass is 35.5. The van der Waals surface area contributed by atoms with E-state index in [0.717, 1.165) is 17.7 Å². The predicted molar refractivity (Wildman–Crippen MR) is 79.6 cm³/mol. The zero-order valence-corrected chi connectivity index (χ0v) is 12.6. The van der Waals surface area contributed by atoms with Crippen LogP contribution in [0.1, 0.15) is 24.3 Å². The summed E-state index contributed by atoms with van der Waals surface area (Å²) in [5, 5.41) is 1.06. The number of halogens is 2. The zero-order chi connectivity index (χ0) is 14.3. The van der Waals surface area contributed by atoms with Gasteiger partial charge in [-0.1, -0.05) is 35.4 Å². The summed E-state index contributed by atoms with van der Waals surface area (Å²) in [4.78, 5) is 13.9. The minimum atomic E-state index is 0.160. The molecule has 0 saturated carbocycles. The molecular weight excluding hydrogens is 297 g/mol. The second kappa shape index (κ2) is 5.30. The number of ether oxygens (including phenoxy) is 1. The third-order valence-electron chi connectivity index (χ3n) is 4.04. The molecule has 1 saturated heterocycles. The molecule has 5 heteroatoms. The van der Waals surface area contributed by atoms with Gasteiger partial charge in [-0.3, -0.25) is 4.79 Å². The SMILES string of the molecule is COc1ccc(Cl)c(Cl)c1[C@H]1C[C@H]2C=CCC(=O)N2C1. The number of carbonyl (C=O) groups excluding carboxylic acids is 1. The van der Waals surface area contributed by atoms with E-state index in [-0.39, 0.29) is 17.9 Å². The quantitative estimate of drug-likeness (QED) is 0.780. The van der Waals surface area contributed by atoms with Gasteiger partial charge in [-0.25, -0.2) is 0 Å². The number of methoxy groups -OCH3 is 1. The topological polar surface area (TPSA) is 29.5 Å². The van der Waals surface area contributed by atoms with Gasteiger partial charge in [-0.15, -0.1) is 0 Å². The number of benzene rings is 1. The maximum absolute atomic E-state index is 11.9.